The first-order valence-corrected chi connectivity index (χ1v) is 7.24. The topological polar surface area (TPSA) is 38.1 Å². The number of fused-ring (bicyclic) bond motifs is 1. The zero-order valence-electron chi connectivity index (χ0n) is 12.4. The Bertz CT molecular complexity index is 633. The molecule has 2 aromatic rings. The maximum absolute atomic E-state index is 12.3. The number of nitrogens with zero attached hydrogens (tertiary/aromatic N) is 3. The molecule has 0 aliphatic carbocycles. The molecule has 108 valence electrons. The molecule has 0 saturated heterocycles. The van der Waals surface area contributed by atoms with Gasteiger partial charge in [-0.05, 0) is 25.5 Å². The number of imidazole rings is 1. The molecule has 1 heterocycles. The molecule has 0 aliphatic rings. The van der Waals surface area contributed by atoms with Gasteiger partial charge in [-0.1, -0.05) is 12.1 Å². The number of aromatic nitrogens is 2. The number of carbonyl (C=O) groups is 1. The molecule has 5 heteroatoms. The van der Waals surface area contributed by atoms with Crippen LogP contribution in [0.25, 0.3) is 11.0 Å². The summed E-state index contributed by atoms with van der Waals surface area (Å²) in [4.78, 5) is 18.5. The number of aryl methyl sites for hydroxylation is 2. The average Bonchev–Trinajstić information content (AvgIpc) is 2.77. The maximum atomic E-state index is 12.3. The van der Waals surface area contributed by atoms with E-state index in [0.717, 1.165) is 22.4 Å². The van der Waals surface area contributed by atoms with Gasteiger partial charge in [-0.3, -0.25) is 4.79 Å². The van der Waals surface area contributed by atoms with E-state index in [1.165, 1.54) is 0 Å². The molecule has 0 N–H and O–H groups in total. The fourth-order valence-electron chi connectivity index (χ4n) is 2.53. The molecule has 1 aromatic carbocycles. The Morgan fingerprint density at radius 3 is 2.75 bits per heavy atom. The first kappa shape index (κ1) is 14.9. The lowest BCUT2D eigenvalue weighted by atomic mass is 10.2. The Kier molecular flexibility index (Phi) is 4.33. The zero-order valence-corrected chi connectivity index (χ0v) is 13.1. The van der Waals surface area contributed by atoms with Crippen molar-refractivity contribution in [2.24, 2.45) is 0 Å². The van der Waals surface area contributed by atoms with Crippen molar-refractivity contribution in [2.45, 2.75) is 26.3 Å². The van der Waals surface area contributed by atoms with Crippen molar-refractivity contribution in [1.82, 2.24) is 14.5 Å². The zero-order chi connectivity index (χ0) is 14.9. The Morgan fingerprint density at radius 2 is 2.15 bits per heavy atom. The summed E-state index contributed by atoms with van der Waals surface area (Å²) in [6, 6.07) is 5.72. The highest BCUT2D eigenvalue weighted by Gasteiger charge is 2.23. The maximum Gasteiger partial charge on any atom is 0.244 e. The molecule has 0 spiro atoms. The van der Waals surface area contributed by atoms with E-state index in [1.807, 2.05) is 36.6 Å². The lowest BCUT2D eigenvalue weighted by Gasteiger charge is -2.21. The molecule has 0 bridgehead atoms. The Labute approximate surface area is 124 Å². The van der Waals surface area contributed by atoms with Crippen LogP contribution in [0.4, 0.5) is 0 Å². The molecule has 4 nitrogen and oxygen atoms in total. The third kappa shape index (κ3) is 2.52. The van der Waals surface area contributed by atoms with Gasteiger partial charge < -0.3 is 9.47 Å². The molecule has 2 rings (SSSR count). The first-order valence-electron chi connectivity index (χ1n) is 6.71. The summed E-state index contributed by atoms with van der Waals surface area (Å²) in [5, 5.41) is 0. The van der Waals surface area contributed by atoms with Gasteiger partial charge in [0.1, 0.15) is 11.9 Å². The van der Waals surface area contributed by atoms with Gasteiger partial charge in [0.2, 0.25) is 5.91 Å². The Hall–Kier alpha value is -1.55. The Morgan fingerprint density at radius 1 is 1.45 bits per heavy atom. The number of carbonyl (C=O) groups excluding carboxylic acids is 1. The van der Waals surface area contributed by atoms with Crippen LogP contribution >= 0.6 is 11.6 Å². The van der Waals surface area contributed by atoms with Crippen molar-refractivity contribution < 1.29 is 4.79 Å². The minimum atomic E-state index is -0.283. The van der Waals surface area contributed by atoms with Gasteiger partial charge >= 0.3 is 0 Å². The van der Waals surface area contributed by atoms with Crippen molar-refractivity contribution in [3.8, 4) is 0 Å². The summed E-state index contributed by atoms with van der Waals surface area (Å²) in [5.74, 6) is 1.42. The van der Waals surface area contributed by atoms with Gasteiger partial charge in [0.25, 0.3) is 0 Å². The monoisotopic (exact) mass is 293 g/mol. The van der Waals surface area contributed by atoms with Crippen molar-refractivity contribution in [2.75, 3.05) is 20.0 Å². The number of hydrogen-bond acceptors (Lipinski definition) is 2. The number of benzene rings is 1. The minimum absolute atomic E-state index is 0.0587. The predicted octanol–water partition coefficient (Wildman–Crippen LogP) is 2.78. The molecule has 20 heavy (non-hydrogen) atoms. The highest BCUT2D eigenvalue weighted by Crippen LogP contribution is 2.25. The van der Waals surface area contributed by atoms with Gasteiger partial charge in [0, 0.05) is 26.4 Å². The van der Waals surface area contributed by atoms with Gasteiger partial charge in [0.15, 0.2) is 0 Å². The van der Waals surface area contributed by atoms with Crippen molar-refractivity contribution in [1.29, 1.82) is 0 Å². The van der Waals surface area contributed by atoms with Gasteiger partial charge in [0.05, 0.1) is 11.0 Å². The van der Waals surface area contributed by atoms with Crippen molar-refractivity contribution in [3.63, 3.8) is 0 Å². The highest BCUT2D eigenvalue weighted by molar-refractivity contribution is 6.17. The standard InChI is InChI=1S/C15H20ClN3O/c1-10-6-5-7-12-14(10)19(13(17-12)8-9-16)11(2)15(20)18(3)4/h5-7,11H,8-9H2,1-4H3. The van der Waals surface area contributed by atoms with E-state index in [2.05, 4.69) is 4.98 Å². The highest BCUT2D eigenvalue weighted by atomic mass is 35.5. The average molecular weight is 294 g/mol. The van der Waals surface area contributed by atoms with E-state index in [9.17, 15) is 4.79 Å². The third-order valence-electron chi connectivity index (χ3n) is 3.49. The van der Waals surface area contributed by atoms with Crippen LogP contribution in [0.2, 0.25) is 0 Å². The van der Waals surface area contributed by atoms with Gasteiger partial charge in [-0.15, -0.1) is 11.6 Å². The molecule has 0 fully saturated rings. The van der Waals surface area contributed by atoms with Gasteiger partial charge in [-0.2, -0.15) is 0 Å². The molecular formula is C15H20ClN3O. The number of halogens is 1. The van der Waals surface area contributed by atoms with Crippen LogP contribution in [0, 0.1) is 6.92 Å². The largest absolute Gasteiger partial charge is 0.347 e. The number of amides is 1. The van der Waals surface area contributed by atoms with Crippen molar-refractivity contribution in [3.05, 3.63) is 29.6 Å². The quantitative estimate of drug-likeness (QED) is 0.813. The minimum Gasteiger partial charge on any atom is -0.347 e. The summed E-state index contributed by atoms with van der Waals surface area (Å²) in [6.07, 6.45) is 0.653. The second-order valence-electron chi connectivity index (χ2n) is 5.19. The summed E-state index contributed by atoms with van der Waals surface area (Å²) < 4.78 is 2.02. The van der Waals surface area contributed by atoms with Crippen LogP contribution < -0.4 is 0 Å². The number of likely N-dealkylation sites (N-methyl/N-ethyl adjacent to an activating group) is 1. The van der Waals surface area contributed by atoms with Crippen LogP contribution in [0.15, 0.2) is 18.2 Å². The second-order valence-corrected chi connectivity index (χ2v) is 5.57. The van der Waals surface area contributed by atoms with Crippen LogP contribution in [0.5, 0.6) is 0 Å². The SMILES string of the molecule is Cc1cccc2nc(CCCl)n(C(C)C(=O)N(C)C)c12. The fourth-order valence-corrected chi connectivity index (χ4v) is 2.70. The molecular weight excluding hydrogens is 274 g/mol. The van der Waals surface area contributed by atoms with E-state index >= 15 is 0 Å². The van der Waals surface area contributed by atoms with E-state index in [-0.39, 0.29) is 11.9 Å². The van der Waals surface area contributed by atoms with E-state index in [4.69, 9.17) is 11.6 Å². The second kappa shape index (κ2) is 5.83. The number of para-hydroxylation sites is 1. The summed E-state index contributed by atoms with van der Waals surface area (Å²) in [5.41, 5.74) is 3.06. The number of hydrogen-bond donors (Lipinski definition) is 0. The molecule has 0 aliphatic heterocycles. The van der Waals surface area contributed by atoms with Crippen LogP contribution in [-0.2, 0) is 11.2 Å². The van der Waals surface area contributed by atoms with Crippen LogP contribution in [0.3, 0.4) is 0 Å². The lowest BCUT2D eigenvalue weighted by molar-refractivity contribution is -0.131. The van der Waals surface area contributed by atoms with E-state index in [0.29, 0.717) is 12.3 Å². The molecule has 0 radical (unpaired) electrons. The molecule has 1 aromatic heterocycles. The van der Waals surface area contributed by atoms with Gasteiger partial charge in [-0.25, -0.2) is 4.98 Å². The molecule has 0 saturated carbocycles. The summed E-state index contributed by atoms with van der Waals surface area (Å²) in [7, 11) is 3.54. The summed E-state index contributed by atoms with van der Waals surface area (Å²) >= 11 is 5.87. The fraction of sp³-hybridized carbons (Fsp3) is 0.467. The van der Waals surface area contributed by atoms with Crippen LogP contribution in [-0.4, -0.2) is 40.3 Å². The Balaban J connectivity index is 2.64. The first-order chi connectivity index (χ1) is 9.47. The normalized spacial score (nSPS) is 12.7. The summed E-state index contributed by atoms with van der Waals surface area (Å²) in [6.45, 7) is 3.95. The van der Waals surface area contributed by atoms with E-state index < -0.39 is 0 Å². The molecule has 1 unspecified atom stereocenters. The third-order valence-corrected chi connectivity index (χ3v) is 3.68. The lowest BCUT2D eigenvalue weighted by Crippen LogP contribution is -2.30. The van der Waals surface area contributed by atoms with E-state index in [1.54, 1.807) is 19.0 Å². The van der Waals surface area contributed by atoms with Crippen LogP contribution in [0.1, 0.15) is 24.4 Å². The van der Waals surface area contributed by atoms with Crippen molar-refractivity contribution >= 4 is 28.5 Å². The predicted molar refractivity (Wildman–Crippen MR) is 82.3 cm³/mol. The molecule has 1 amide bonds. The molecule has 1 atom stereocenters. The number of rotatable bonds is 4. The smallest absolute Gasteiger partial charge is 0.244 e. The number of alkyl halides is 1.